The van der Waals surface area contributed by atoms with Crippen LogP contribution in [0, 0.1) is 11.8 Å². The van der Waals surface area contributed by atoms with E-state index in [0.29, 0.717) is 12.5 Å². The molecule has 1 aliphatic heterocycles. The summed E-state index contributed by atoms with van der Waals surface area (Å²) >= 11 is 0. The first kappa shape index (κ1) is 22.2. The van der Waals surface area contributed by atoms with Crippen molar-refractivity contribution in [1.82, 2.24) is 20.9 Å². The second-order valence-corrected chi connectivity index (χ2v) is 7.50. The van der Waals surface area contributed by atoms with Crippen LogP contribution in [0.2, 0.25) is 0 Å². The predicted molar refractivity (Wildman–Crippen MR) is 103 cm³/mol. The lowest BCUT2D eigenvalue weighted by Crippen LogP contribution is -2.50. The molecular weight excluding hydrogens is 340 g/mol. The van der Waals surface area contributed by atoms with Gasteiger partial charge in [-0.15, -0.1) is 12.4 Å². The molecule has 0 aromatic carbocycles. The third-order valence-electron chi connectivity index (χ3n) is 5.56. The number of likely N-dealkylation sites (tertiary alicyclic amines) is 1. The number of nitrogens with zero attached hydrogens (tertiary/aromatic N) is 1. The molecule has 2 fully saturated rings. The minimum Gasteiger partial charge on any atom is -0.335 e. The molecule has 1 saturated heterocycles. The Bertz CT molecular complexity index is 414. The van der Waals surface area contributed by atoms with E-state index in [1.165, 1.54) is 12.8 Å². The monoisotopic (exact) mass is 374 g/mol. The molecule has 0 aromatic rings. The van der Waals surface area contributed by atoms with E-state index in [1.807, 2.05) is 7.05 Å². The van der Waals surface area contributed by atoms with Gasteiger partial charge in [-0.1, -0.05) is 19.8 Å². The third-order valence-corrected chi connectivity index (χ3v) is 5.56. The zero-order valence-corrected chi connectivity index (χ0v) is 16.5. The lowest BCUT2D eigenvalue weighted by Gasteiger charge is -2.31. The van der Waals surface area contributed by atoms with Crippen molar-refractivity contribution in [3.8, 4) is 0 Å². The summed E-state index contributed by atoms with van der Waals surface area (Å²) in [5.41, 5.74) is 0. The van der Waals surface area contributed by atoms with Crippen molar-refractivity contribution in [2.75, 3.05) is 33.2 Å². The van der Waals surface area contributed by atoms with Gasteiger partial charge in [0.05, 0.1) is 6.54 Å². The molecule has 2 rings (SSSR count). The van der Waals surface area contributed by atoms with Gasteiger partial charge in [-0.25, -0.2) is 4.79 Å². The molecule has 2 aliphatic rings. The molecule has 0 spiro atoms. The molecule has 2 atom stereocenters. The Kier molecular flexibility index (Phi) is 10.4. The van der Waals surface area contributed by atoms with Gasteiger partial charge in [-0.3, -0.25) is 15.0 Å². The van der Waals surface area contributed by atoms with E-state index in [0.717, 1.165) is 57.7 Å². The average molecular weight is 375 g/mol. The van der Waals surface area contributed by atoms with E-state index in [-0.39, 0.29) is 30.4 Å². The van der Waals surface area contributed by atoms with Crippen molar-refractivity contribution in [2.45, 2.75) is 57.9 Å². The molecule has 6 nitrogen and oxygen atoms in total. The first-order chi connectivity index (χ1) is 11.6. The highest BCUT2D eigenvalue weighted by molar-refractivity contribution is 5.95. The maximum atomic E-state index is 12.1. The summed E-state index contributed by atoms with van der Waals surface area (Å²) in [5, 5.41) is 8.66. The summed E-state index contributed by atoms with van der Waals surface area (Å²) in [7, 11) is 1.98. The lowest BCUT2D eigenvalue weighted by atomic mass is 9.86. The molecule has 25 heavy (non-hydrogen) atoms. The number of hydrogen-bond acceptors (Lipinski definition) is 4. The number of piperidine rings is 1. The molecule has 1 aliphatic carbocycles. The fourth-order valence-corrected chi connectivity index (χ4v) is 3.89. The molecule has 0 radical (unpaired) electrons. The Morgan fingerprint density at radius 3 is 2.40 bits per heavy atom. The van der Waals surface area contributed by atoms with E-state index in [1.54, 1.807) is 0 Å². The van der Waals surface area contributed by atoms with Crippen LogP contribution >= 0.6 is 12.4 Å². The molecule has 3 N–H and O–H groups in total. The molecule has 7 heteroatoms. The smallest absolute Gasteiger partial charge is 0.321 e. The number of rotatable bonds is 6. The molecule has 0 aromatic heterocycles. The van der Waals surface area contributed by atoms with Crippen LogP contribution in [0.5, 0.6) is 0 Å². The van der Waals surface area contributed by atoms with E-state index < -0.39 is 0 Å². The van der Waals surface area contributed by atoms with Gasteiger partial charge in [0, 0.05) is 6.04 Å². The molecule has 1 heterocycles. The van der Waals surface area contributed by atoms with Crippen LogP contribution < -0.4 is 16.0 Å². The number of halogens is 1. The molecule has 146 valence electrons. The van der Waals surface area contributed by atoms with Crippen LogP contribution in [-0.4, -0.2) is 56.1 Å². The van der Waals surface area contributed by atoms with Crippen LogP contribution in [-0.2, 0) is 4.79 Å². The highest BCUT2D eigenvalue weighted by Gasteiger charge is 2.24. The topological polar surface area (TPSA) is 73.5 Å². The van der Waals surface area contributed by atoms with Crippen LogP contribution in [0.25, 0.3) is 0 Å². The largest absolute Gasteiger partial charge is 0.335 e. The summed E-state index contributed by atoms with van der Waals surface area (Å²) in [6.45, 7) is 5.45. The molecule has 3 amide bonds. The van der Waals surface area contributed by atoms with Gasteiger partial charge in [0.15, 0.2) is 0 Å². The van der Waals surface area contributed by atoms with Crippen molar-refractivity contribution in [1.29, 1.82) is 0 Å². The first-order valence-corrected chi connectivity index (χ1v) is 9.55. The van der Waals surface area contributed by atoms with Crippen molar-refractivity contribution < 1.29 is 9.59 Å². The van der Waals surface area contributed by atoms with Crippen LogP contribution in [0.3, 0.4) is 0 Å². The number of urea groups is 1. The Hall–Kier alpha value is -0.850. The highest BCUT2D eigenvalue weighted by atomic mass is 35.5. The van der Waals surface area contributed by atoms with Crippen molar-refractivity contribution in [3.05, 3.63) is 0 Å². The predicted octanol–water partition coefficient (Wildman–Crippen LogP) is 2.13. The lowest BCUT2D eigenvalue weighted by molar-refractivity contribution is -0.121. The second-order valence-electron chi connectivity index (χ2n) is 7.50. The van der Waals surface area contributed by atoms with E-state index in [4.69, 9.17) is 0 Å². The number of amides is 3. The number of nitrogens with one attached hydrogen (secondary N) is 3. The van der Waals surface area contributed by atoms with Gasteiger partial charge in [0.2, 0.25) is 5.91 Å². The third kappa shape index (κ3) is 7.92. The van der Waals surface area contributed by atoms with Crippen molar-refractivity contribution in [3.63, 3.8) is 0 Å². The Morgan fingerprint density at radius 1 is 1.08 bits per heavy atom. The van der Waals surface area contributed by atoms with Gasteiger partial charge in [-0.2, -0.15) is 0 Å². The summed E-state index contributed by atoms with van der Waals surface area (Å²) in [6.07, 6.45) is 8.06. The van der Waals surface area contributed by atoms with Gasteiger partial charge in [-0.05, 0) is 70.6 Å². The zero-order valence-electron chi connectivity index (χ0n) is 15.7. The quantitative estimate of drug-likeness (QED) is 0.666. The fourth-order valence-electron chi connectivity index (χ4n) is 3.89. The van der Waals surface area contributed by atoms with Crippen LogP contribution in [0.4, 0.5) is 4.79 Å². The Balaban J connectivity index is 0.00000312. The normalized spacial score (nSPS) is 25.0. The summed E-state index contributed by atoms with van der Waals surface area (Å²) in [4.78, 5) is 26.2. The molecule has 0 bridgehead atoms. The van der Waals surface area contributed by atoms with E-state index >= 15 is 0 Å². The summed E-state index contributed by atoms with van der Waals surface area (Å²) in [5.74, 6) is 1.06. The van der Waals surface area contributed by atoms with Crippen LogP contribution in [0.15, 0.2) is 0 Å². The maximum Gasteiger partial charge on any atom is 0.321 e. The fraction of sp³-hybridized carbons (Fsp3) is 0.889. The Morgan fingerprint density at radius 2 is 1.76 bits per heavy atom. The van der Waals surface area contributed by atoms with Crippen molar-refractivity contribution >= 4 is 24.3 Å². The first-order valence-electron chi connectivity index (χ1n) is 9.55. The van der Waals surface area contributed by atoms with E-state index in [2.05, 4.69) is 27.8 Å². The summed E-state index contributed by atoms with van der Waals surface area (Å²) in [6, 6.07) is -0.128. The van der Waals surface area contributed by atoms with Gasteiger partial charge in [0.25, 0.3) is 0 Å². The Labute approximate surface area is 158 Å². The summed E-state index contributed by atoms with van der Waals surface area (Å²) < 4.78 is 0. The number of carbonyl (C=O) groups excluding carboxylic acids is 2. The number of carbonyl (C=O) groups is 2. The minimum atomic E-state index is -0.331. The average Bonchev–Trinajstić information content (AvgIpc) is 2.56. The highest BCUT2D eigenvalue weighted by Crippen LogP contribution is 2.23. The maximum absolute atomic E-state index is 12.1. The van der Waals surface area contributed by atoms with Gasteiger partial charge in [0.1, 0.15) is 0 Å². The van der Waals surface area contributed by atoms with Gasteiger partial charge < -0.3 is 10.6 Å². The molecule has 2 unspecified atom stereocenters. The SMILES string of the molecule is CNCCC1CCN(CC(=O)NC(=O)NC2CCCCC2C)CC1.Cl. The number of hydrogen-bond donors (Lipinski definition) is 3. The molecule has 1 saturated carbocycles. The zero-order chi connectivity index (χ0) is 17.4. The standard InChI is InChI=1S/C18H34N4O2.ClH/c1-14-5-3-4-6-16(14)20-18(24)21-17(23)13-22-11-8-15(9-12-22)7-10-19-2;/h14-16,19H,3-13H2,1-2H3,(H2,20,21,23,24);1H. The second kappa shape index (κ2) is 11.7. The minimum absolute atomic E-state index is 0. The van der Waals surface area contributed by atoms with Gasteiger partial charge >= 0.3 is 6.03 Å². The van der Waals surface area contributed by atoms with Crippen LogP contribution in [0.1, 0.15) is 51.9 Å². The van der Waals surface area contributed by atoms with E-state index in [9.17, 15) is 9.59 Å². The number of imide groups is 1. The van der Waals surface area contributed by atoms with Crippen molar-refractivity contribution in [2.24, 2.45) is 11.8 Å². The molecular formula is C18H35ClN4O2.